The van der Waals surface area contributed by atoms with Gasteiger partial charge in [0.1, 0.15) is 24.2 Å². The molecule has 0 radical (unpaired) electrons. The van der Waals surface area contributed by atoms with E-state index in [9.17, 15) is 38.4 Å². The SMILES string of the molecule is N[C@@H](CCC(=O)O)C(=O)O.N[C@@H](CCC(=O)O)C(=O)O.N[C@@H](CCC(=O)O)C(=O)O.N[C@@H](CCC(=O)O)C(=O)O.[K+].[Mg+2]. The zero-order chi connectivity index (χ0) is 32.6. The first kappa shape index (κ1) is 52.6. The van der Waals surface area contributed by atoms with Crippen LogP contribution in [0.3, 0.4) is 0 Å². The molecule has 0 rings (SSSR count). The first-order chi connectivity index (χ1) is 18.1. The normalized spacial score (nSPS) is 11.9. The van der Waals surface area contributed by atoms with Crippen LogP contribution in [0.2, 0.25) is 0 Å². The molecule has 42 heavy (non-hydrogen) atoms. The van der Waals surface area contributed by atoms with E-state index in [1.165, 1.54) is 0 Å². The summed E-state index contributed by atoms with van der Waals surface area (Å²) in [5, 5.41) is 65.1. The number of carboxylic acid groups (broad SMARTS) is 8. The minimum absolute atomic E-state index is 0. The molecule has 20 nitrogen and oxygen atoms in total. The molecule has 0 bridgehead atoms. The van der Waals surface area contributed by atoms with E-state index >= 15 is 0 Å². The molecule has 0 fully saturated rings. The minimum atomic E-state index is -1.17. The van der Waals surface area contributed by atoms with Gasteiger partial charge in [0.05, 0.1) is 0 Å². The Morgan fingerprint density at radius 3 is 0.571 bits per heavy atom. The molecule has 16 N–H and O–H groups in total. The summed E-state index contributed by atoms with van der Waals surface area (Å²) < 4.78 is 0. The Kier molecular flexibility index (Phi) is 40.0. The second-order valence-electron chi connectivity index (χ2n) is 7.51. The van der Waals surface area contributed by atoms with Gasteiger partial charge in [-0.2, -0.15) is 0 Å². The first-order valence-corrected chi connectivity index (χ1v) is 11.0. The molecule has 0 saturated carbocycles. The van der Waals surface area contributed by atoms with Crippen molar-refractivity contribution in [2.24, 2.45) is 22.9 Å². The predicted octanol–water partition coefficient (Wildman–Crippen LogP) is -6.32. The molecule has 0 aromatic carbocycles. The van der Waals surface area contributed by atoms with Gasteiger partial charge in [0.2, 0.25) is 0 Å². The number of hydrogen-bond acceptors (Lipinski definition) is 12. The zero-order valence-electron chi connectivity index (χ0n) is 22.8. The molecular weight excluding hydrogens is 616 g/mol. The number of rotatable bonds is 16. The molecule has 0 aliphatic carbocycles. The van der Waals surface area contributed by atoms with Crippen molar-refractivity contribution in [3.05, 3.63) is 0 Å². The number of hydrogen-bond donors (Lipinski definition) is 12. The first-order valence-electron chi connectivity index (χ1n) is 11.0. The van der Waals surface area contributed by atoms with Crippen LogP contribution < -0.4 is 74.3 Å². The van der Waals surface area contributed by atoms with Gasteiger partial charge < -0.3 is 63.8 Å². The van der Waals surface area contributed by atoms with Crippen molar-refractivity contribution in [3.63, 3.8) is 0 Å². The maximum Gasteiger partial charge on any atom is 2.00 e. The number of carboxylic acids is 8. The Morgan fingerprint density at radius 2 is 0.500 bits per heavy atom. The third kappa shape index (κ3) is 45.0. The van der Waals surface area contributed by atoms with Gasteiger partial charge in [0.15, 0.2) is 0 Å². The van der Waals surface area contributed by atoms with E-state index in [1.807, 2.05) is 0 Å². The van der Waals surface area contributed by atoms with Crippen LogP contribution in [-0.4, -0.2) is 136 Å². The number of aliphatic carboxylic acids is 8. The van der Waals surface area contributed by atoms with Gasteiger partial charge in [-0.3, -0.25) is 38.4 Å². The number of nitrogens with two attached hydrogens (primary N) is 4. The van der Waals surface area contributed by atoms with E-state index in [2.05, 4.69) is 0 Å². The van der Waals surface area contributed by atoms with Gasteiger partial charge >= 0.3 is 122 Å². The Bertz CT molecular complexity index is 728. The van der Waals surface area contributed by atoms with Gasteiger partial charge in [-0.25, -0.2) is 0 Å². The summed E-state index contributed by atoms with van der Waals surface area (Å²) in [5.74, 6) is -8.79. The van der Waals surface area contributed by atoms with Crippen molar-refractivity contribution >= 4 is 70.8 Å². The van der Waals surface area contributed by atoms with Crippen LogP contribution in [-0.2, 0) is 38.4 Å². The fraction of sp³-hybridized carbons (Fsp3) is 0.600. The third-order valence-electron chi connectivity index (χ3n) is 3.95. The maximum atomic E-state index is 9.99. The van der Waals surface area contributed by atoms with Crippen LogP contribution in [0.1, 0.15) is 51.4 Å². The summed E-state index contributed by atoms with van der Waals surface area (Å²) in [4.78, 5) is 79.5. The Labute approximate surface area is 297 Å². The van der Waals surface area contributed by atoms with Gasteiger partial charge in [-0.05, 0) is 25.7 Å². The van der Waals surface area contributed by atoms with Crippen LogP contribution in [0, 0.1) is 0 Å². The van der Waals surface area contributed by atoms with E-state index in [4.69, 9.17) is 63.8 Å². The Balaban J connectivity index is -0.000000101. The summed E-state index contributed by atoms with van der Waals surface area (Å²) >= 11 is 0. The third-order valence-corrected chi connectivity index (χ3v) is 3.95. The number of carbonyl (C=O) groups is 8. The topological polar surface area (TPSA) is 402 Å². The van der Waals surface area contributed by atoms with E-state index in [0.717, 1.165) is 0 Å². The molecule has 0 unspecified atom stereocenters. The van der Waals surface area contributed by atoms with Crippen molar-refractivity contribution in [2.45, 2.75) is 75.5 Å². The van der Waals surface area contributed by atoms with Gasteiger partial charge in [0.25, 0.3) is 0 Å². The van der Waals surface area contributed by atoms with Crippen LogP contribution >= 0.6 is 0 Å². The maximum absolute atomic E-state index is 9.99. The summed E-state index contributed by atoms with van der Waals surface area (Å²) in [6.07, 6.45) is -0.896. The summed E-state index contributed by atoms with van der Waals surface area (Å²) in [6.45, 7) is 0. The molecule has 22 heteroatoms. The molecule has 0 amide bonds. The minimum Gasteiger partial charge on any atom is -0.481 e. The summed E-state index contributed by atoms with van der Waals surface area (Å²) in [6, 6.07) is -4.24. The largest absolute Gasteiger partial charge is 2.00 e. The van der Waals surface area contributed by atoms with E-state index in [-0.39, 0.29) is 126 Å². The van der Waals surface area contributed by atoms with Crippen LogP contribution in [0.4, 0.5) is 0 Å². The molecule has 0 aliphatic heterocycles. The second kappa shape index (κ2) is 31.9. The predicted molar refractivity (Wildman–Crippen MR) is 136 cm³/mol. The Morgan fingerprint density at radius 1 is 0.381 bits per heavy atom. The van der Waals surface area contributed by atoms with Crippen LogP contribution in [0.15, 0.2) is 0 Å². The second-order valence-corrected chi connectivity index (χ2v) is 7.51. The van der Waals surface area contributed by atoms with Crippen molar-refractivity contribution in [2.75, 3.05) is 0 Å². The molecule has 0 aromatic rings. The van der Waals surface area contributed by atoms with Crippen molar-refractivity contribution in [1.29, 1.82) is 0 Å². The molecule has 0 saturated heterocycles. The molecule has 0 heterocycles. The van der Waals surface area contributed by atoms with Gasteiger partial charge in [-0.15, -0.1) is 0 Å². The smallest absolute Gasteiger partial charge is 0.481 e. The van der Waals surface area contributed by atoms with E-state index < -0.39 is 71.9 Å². The molecule has 0 spiro atoms. The van der Waals surface area contributed by atoms with E-state index in [1.54, 1.807) is 0 Å². The average molecular weight is 652 g/mol. The fourth-order valence-electron chi connectivity index (χ4n) is 1.61. The van der Waals surface area contributed by atoms with Gasteiger partial charge in [-0.1, -0.05) is 0 Å². The standard InChI is InChI=1S/4C5H9NO4.K.Mg/c4*6-3(5(9)10)1-2-4(7)8;;/h4*3H,1-2,6H2,(H,7,8)(H,9,10);;/q;;;;+1;+2/t4*3-;;/m0000../s1. The van der Waals surface area contributed by atoms with Crippen molar-refractivity contribution < 1.29 is 131 Å². The Hall–Kier alpha value is -2.00. The molecule has 232 valence electrons. The zero-order valence-corrected chi connectivity index (χ0v) is 27.4. The monoisotopic (exact) mass is 651 g/mol. The summed E-state index contributed by atoms with van der Waals surface area (Å²) in [7, 11) is 0. The molecular formula is C20H36KMgN4O16+3. The molecule has 0 aromatic heterocycles. The van der Waals surface area contributed by atoms with Gasteiger partial charge in [0, 0.05) is 25.7 Å². The average Bonchev–Trinajstić information content (AvgIpc) is 2.83. The quantitative estimate of drug-likeness (QED) is 0.0690. The summed E-state index contributed by atoms with van der Waals surface area (Å²) in [5.41, 5.74) is 20.0. The van der Waals surface area contributed by atoms with Crippen molar-refractivity contribution in [1.82, 2.24) is 0 Å². The van der Waals surface area contributed by atoms with Crippen LogP contribution in [0.25, 0.3) is 0 Å². The molecule has 0 aliphatic rings. The fourth-order valence-corrected chi connectivity index (χ4v) is 1.61. The van der Waals surface area contributed by atoms with Crippen molar-refractivity contribution in [3.8, 4) is 0 Å². The van der Waals surface area contributed by atoms with Crippen LogP contribution in [0.5, 0.6) is 0 Å². The van der Waals surface area contributed by atoms with E-state index in [0.29, 0.717) is 0 Å². The molecule has 4 atom stereocenters.